The molecule has 0 saturated carbocycles. The number of aromatic hydroxyl groups is 1. The van der Waals surface area contributed by atoms with Gasteiger partial charge in [-0.3, -0.25) is 62.9 Å². The van der Waals surface area contributed by atoms with Gasteiger partial charge in [0.2, 0.25) is 47.3 Å². The average Bonchev–Trinajstić information content (AvgIpc) is 1.58. The normalized spacial score (nSPS) is 14.8. The van der Waals surface area contributed by atoms with Crippen LogP contribution in [0.3, 0.4) is 0 Å². The van der Waals surface area contributed by atoms with Gasteiger partial charge >= 0.3 is 0 Å². The Morgan fingerprint density at radius 3 is 1.55 bits per heavy atom. The third-order valence-corrected chi connectivity index (χ3v) is 15.7. The van der Waals surface area contributed by atoms with Crippen molar-refractivity contribution in [2.24, 2.45) is 72.7 Å². The van der Waals surface area contributed by atoms with Gasteiger partial charge in [-0.25, -0.2) is 0 Å². The monoisotopic (exact) mass is 1340 g/mol. The lowest BCUT2D eigenvalue weighted by Gasteiger charge is -2.31. The number of phenols is 1. The number of carbonyl (C=O) groups excluding carboxylic acids is 10. The number of aliphatic imine (C=N–C) groups is 3. The van der Waals surface area contributed by atoms with Crippen LogP contribution < -0.4 is 77.8 Å². The van der Waals surface area contributed by atoms with E-state index in [1.54, 1.807) is 79.9 Å². The Bertz CT molecular complexity index is 3070. The minimum atomic E-state index is -1.51. The summed E-state index contributed by atoms with van der Waals surface area (Å²) in [5, 5.41) is 27.0. The highest BCUT2D eigenvalue weighted by Crippen LogP contribution is 2.24. The van der Waals surface area contributed by atoms with Gasteiger partial charge in [0.15, 0.2) is 29.4 Å². The fourth-order valence-electron chi connectivity index (χ4n) is 10.7. The van der Waals surface area contributed by atoms with Crippen molar-refractivity contribution in [1.82, 2.24) is 36.8 Å². The lowest BCUT2D eigenvalue weighted by Crippen LogP contribution is -2.58. The van der Waals surface area contributed by atoms with Gasteiger partial charge in [-0.15, -0.1) is 0 Å². The summed E-state index contributed by atoms with van der Waals surface area (Å²) in [7, 11) is 1.59. The molecule has 3 aromatic rings. The fraction of sp³-hybridized carbons (Fsp3) is 0.523. The molecule has 3 aromatic carbocycles. The Kier molecular flexibility index (Phi) is 35.5. The number of amides is 8. The summed E-state index contributed by atoms with van der Waals surface area (Å²) in [6.07, 6.45) is 0.0262. The molecular formula is C65H98N18O13. The highest BCUT2D eigenvalue weighted by molar-refractivity contribution is 5.99. The van der Waals surface area contributed by atoms with Crippen LogP contribution in [-0.4, -0.2) is 189 Å². The van der Waals surface area contributed by atoms with E-state index >= 15 is 9.59 Å². The van der Waals surface area contributed by atoms with Crippen LogP contribution in [0.2, 0.25) is 0 Å². The van der Waals surface area contributed by atoms with Crippen LogP contribution in [0, 0.1) is 11.8 Å². The quantitative estimate of drug-likeness (QED) is 0.0158. The third kappa shape index (κ3) is 30.5. The number of methoxy groups -OCH3 is 1. The molecule has 23 N–H and O–H groups in total. The van der Waals surface area contributed by atoms with E-state index in [0.717, 1.165) is 0 Å². The number of nitrogens with two attached hydrogens (primary N) is 8. The minimum Gasteiger partial charge on any atom is -0.508 e. The Balaban J connectivity index is 1.67. The van der Waals surface area contributed by atoms with Crippen molar-refractivity contribution >= 4 is 76.7 Å². The molecule has 1 aliphatic heterocycles. The van der Waals surface area contributed by atoms with Crippen molar-refractivity contribution in [3.8, 4) is 5.75 Å². The van der Waals surface area contributed by atoms with Crippen molar-refractivity contribution in [2.75, 3.05) is 66.2 Å². The number of rotatable bonds is 47. The van der Waals surface area contributed by atoms with Gasteiger partial charge in [0.1, 0.15) is 29.9 Å². The number of carbonyl (C=O) groups is 10. The van der Waals surface area contributed by atoms with Crippen molar-refractivity contribution in [1.29, 1.82) is 0 Å². The number of ketones is 2. The second kappa shape index (κ2) is 43.3. The van der Waals surface area contributed by atoms with Crippen LogP contribution >= 0.6 is 0 Å². The standard InChI is InChI=1S/C65H98N18O13/c1-95-33-34-96-32-12-26-74-30-25-56(88)78-50(37-43-21-23-46(84)24-22-43)54(86)39-45(36-42-15-6-3-7-16-42)58(90)79-47(17-8-27-75-63(68)69)53(85)38-44(35-41-13-4-2-5-14-41)59(91)81-49(19-10-29-77-65(72)73)62(94)83-31-11-20-52(83)61(93)80-48(18-9-28-76-64(70)71)60(92)82-51(57(67)89)40-55(66)87/h2-7,13-16,21-24,44-45,47-52,74,84H,8-12,17-20,25-40H2,1H3,(H2,66,87)(H2,67,89)(H,78,88)(H,79,90)(H,80,93)(H,81,91)(H,82,92)(H4,68,69,75)(H4,70,71,76)(H4,72,73,77)/t44-,45-,47+,48+,49+,50+,51+,52+/m1/s1. The lowest BCUT2D eigenvalue weighted by atomic mass is 9.88. The first-order valence-corrected chi connectivity index (χ1v) is 32.2. The highest BCUT2D eigenvalue weighted by Gasteiger charge is 2.41. The van der Waals surface area contributed by atoms with Crippen LogP contribution in [0.15, 0.2) is 99.9 Å². The zero-order valence-corrected chi connectivity index (χ0v) is 54.6. The molecule has 1 fully saturated rings. The number of likely N-dealkylation sites (tertiary alicyclic amines) is 1. The summed E-state index contributed by atoms with van der Waals surface area (Å²) < 4.78 is 10.5. The molecule has 31 heteroatoms. The van der Waals surface area contributed by atoms with Crippen molar-refractivity contribution < 1.29 is 62.5 Å². The molecule has 31 nitrogen and oxygen atoms in total. The zero-order chi connectivity index (χ0) is 70.4. The number of nitrogens with one attached hydrogen (secondary N) is 6. The van der Waals surface area contributed by atoms with Crippen LogP contribution in [0.25, 0.3) is 0 Å². The first-order valence-electron chi connectivity index (χ1n) is 32.2. The molecule has 1 aliphatic rings. The molecule has 1 heterocycles. The van der Waals surface area contributed by atoms with Crippen LogP contribution in [0.4, 0.5) is 0 Å². The van der Waals surface area contributed by atoms with E-state index in [2.05, 4.69) is 46.9 Å². The lowest BCUT2D eigenvalue weighted by molar-refractivity contribution is -0.143. The molecule has 0 spiro atoms. The minimum absolute atomic E-state index is 0.00344. The maximum atomic E-state index is 15.1. The van der Waals surface area contributed by atoms with Gasteiger partial charge < -0.3 is 97.3 Å². The number of ether oxygens (including phenoxy) is 2. The summed E-state index contributed by atoms with van der Waals surface area (Å²) in [6, 6.07) is 16.1. The first-order chi connectivity index (χ1) is 45.9. The maximum Gasteiger partial charge on any atom is 0.245 e. The zero-order valence-electron chi connectivity index (χ0n) is 54.6. The molecule has 526 valence electrons. The molecule has 4 rings (SSSR count). The molecule has 8 atom stereocenters. The summed E-state index contributed by atoms with van der Waals surface area (Å²) in [5.41, 5.74) is 46.3. The van der Waals surface area contributed by atoms with E-state index in [1.807, 2.05) is 0 Å². The van der Waals surface area contributed by atoms with E-state index in [-0.39, 0.29) is 127 Å². The topological polar surface area (TPSA) is 530 Å². The molecule has 0 aromatic heterocycles. The molecule has 0 aliphatic carbocycles. The summed E-state index contributed by atoms with van der Waals surface area (Å²) in [6.45, 7) is 2.49. The number of hydrogen-bond donors (Lipinski definition) is 15. The predicted molar refractivity (Wildman–Crippen MR) is 360 cm³/mol. The second-order valence-electron chi connectivity index (χ2n) is 23.4. The predicted octanol–water partition coefficient (Wildman–Crippen LogP) is -2.46. The molecule has 1 saturated heterocycles. The van der Waals surface area contributed by atoms with E-state index in [1.165, 1.54) is 17.0 Å². The van der Waals surface area contributed by atoms with Crippen LogP contribution in [-0.2, 0) is 76.7 Å². The Morgan fingerprint density at radius 2 is 1.03 bits per heavy atom. The molecule has 0 bridgehead atoms. The van der Waals surface area contributed by atoms with Gasteiger partial charge in [0.05, 0.1) is 31.7 Å². The number of primary amides is 2. The third-order valence-electron chi connectivity index (χ3n) is 15.7. The highest BCUT2D eigenvalue weighted by atomic mass is 16.5. The van der Waals surface area contributed by atoms with Crippen LogP contribution in [0.5, 0.6) is 5.75 Å². The number of benzene rings is 3. The summed E-state index contributed by atoms with van der Waals surface area (Å²) in [5.74, 6) is -10.2. The molecule has 0 radical (unpaired) electrons. The number of Topliss-reactive ketones (excluding diaryl/α,β-unsaturated/α-hetero) is 2. The molecule has 8 amide bonds. The van der Waals surface area contributed by atoms with Gasteiger partial charge in [-0.05, 0) is 112 Å². The Morgan fingerprint density at radius 1 is 0.531 bits per heavy atom. The van der Waals surface area contributed by atoms with Crippen LogP contribution in [0.1, 0.15) is 100 Å². The number of hydrogen-bond acceptors (Lipinski definition) is 17. The fourth-order valence-corrected chi connectivity index (χ4v) is 10.7. The summed E-state index contributed by atoms with van der Waals surface area (Å²) >= 11 is 0. The van der Waals surface area contributed by atoms with E-state index in [9.17, 15) is 43.5 Å². The molecule has 0 unspecified atom stereocenters. The molecule has 96 heavy (non-hydrogen) atoms. The molecular weight excluding hydrogens is 1240 g/mol. The van der Waals surface area contributed by atoms with E-state index in [0.29, 0.717) is 62.4 Å². The largest absolute Gasteiger partial charge is 0.508 e. The first kappa shape index (κ1) is 78.7. The Hall–Kier alpha value is -9.75. The summed E-state index contributed by atoms with van der Waals surface area (Å²) in [4.78, 5) is 154. The Labute approximate surface area is 559 Å². The van der Waals surface area contributed by atoms with Crippen molar-refractivity contribution in [2.45, 2.75) is 139 Å². The van der Waals surface area contributed by atoms with Crippen molar-refractivity contribution in [3.63, 3.8) is 0 Å². The van der Waals surface area contributed by atoms with Gasteiger partial charge in [0.25, 0.3) is 0 Å². The van der Waals surface area contributed by atoms with Crippen molar-refractivity contribution in [3.05, 3.63) is 102 Å². The van der Waals surface area contributed by atoms with Gasteiger partial charge in [0, 0.05) is 77.5 Å². The maximum absolute atomic E-state index is 15.1. The van der Waals surface area contributed by atoms with E-state index in [4.69, 9.17) is 55.3 Å². The second-order valence-corrected chi connectivity index (χ2v) is 23.4. The van der Waals surface area contributed by atoms with E-state index < -0.39 is 120 Å². The number of nitrogens with zero attached hydrogens (tertiary/aromatic N) is 4. The number of guanidine groups is 3. The van der Waals surface area contributed by atoms with Gasteiger partial charge in [-0.2, -0.15) is 0 Å². The average molecular weight is 1340 g/mol. The van der Waals surface area contributed by atoms with Gasteiger partial charge in [-0.1, -0.05) is 72.8 Å². The smallest absolute Gasteiger partial charge is 0.245 e. The number of phenolic OH excluding ortho intramolecular Hbond substituents is 1. The SMILES string of the molecule is COCCOCCCNCCC(=O)N[C@@H](Cc1ccc(O)cc1)C(=O)C[C@@H](Cc1ccccc1)C(=O)N[C@@H](CCCN=C(N)N)C(=O)C[C@@H](Cc1ccccc1)C(=O)N[C@@H](CCCN=C(N)N)C(=O)N1CCC[C@H]1C(=O)N[C@@H](CCCN=C(N)N)C(=O)N[C@@H](CC(N)=O)C(N)=O.